The number of rotatable bonds is 6. The van der Waals surface area contributed by atoms with Crippen LogP contribution in [0.5, 0.6) is 0 Å². The molecule has 1 aromatic carbocycles. The van der Waals surface area contributed by atoms with Crippen molar-refractivity contribution in [2.24, 2.45) is 5.73 Å². The third-order valence-electron chi connectivity index (χ3n) is 2.60. The number of benzene rings is 1. The van der Waals surface area contributed by atoms with E-state index in [0.717, 1.165) is 13.2 Å². The van der Waals surface area contributed by atoms with Gasteiger partial charge in [-0.15, -0.1) is 0 Å². The normalized spacial score (nSPS) is 11.6. The van der Waals surface area contributed by atoms with Crippen LogP contribution >= 0.6 is 0 Å². The molecule has 0 spiro atoms. The quantitative estimate of drug-likeness (QED) is 0.462. The van der Waals surface area contributed by atoms with Crippen LogP contribution in [0.2, 0.25) is 0 Å². The molecule has 1 amide bonds. The van der Waals surface area contributed by atoms with Gasteiger partial charge >= 0.3 is 5.97 Å². The lowest BCUT2D eigenvalue weighted by Gasteiger charge is -2.14. The fourth-order valence-corrected chi connectivity index (χ4v) is 1.71. The fraction of sp³-hybridized carbons (Fsp3) is 0.333. The van der Waals surface area contributed by atoms with Crippen LogP contribution in [0.25, 0.3) is 0 Å². The van der Waals surface area contributed by atoms with E-state index in [0.29, 0.717) is 6.07 Å². The number of primary amides is 1. The molecule has 0 saturated heterocycles. The van der Waals surface area contributed by atoms with Crippen molar-refractivity contribution in [2.45, 2.75) is 19.4 Å². The van der Waals surface area contributed by atoms with Crippen molar-refractivity contribution in [3.63, 3.8) is 0 Å². The number of nitrogens with zero attached hydrogens (tertiary/aromatic N) is 1. The predicted molar refractivity (Wildman–Crippen MR) is 71.3 cm³/mol. The Balaban J connectivity index is 3.23. The average Bonchev–Trinajstić information content (AvgIpc) is 2.38. The molecule has 0 heterocycles. The maximum absolute atomic E-state index is 13.7. The second kappa shape index (κ2) is 6.64. The van der Waals surface area contributed by atoms with Gasteiger partial charge in [0.05, 0.1) is 23.7 Å². The lowest BCUT2D eigenvalue weighted by Crippen LogP contribution is -2.24. The topological polar surface area (TPSA) is 125 Å². The van der Waals surface area contributed by atoms with E-state index < -0.39 is 39.9 Å². The van der Waals surface area contributed by atoms with Gasteiger partial charge in [-0.2, -0.15) is 0 Å². The summed E-state index contributed by atoms with van der Waals surface area (Å²) < 4.78 is 18.1. The summed E-state index contributed by atoms with van der Waals surface area (Å²) in [7, 11) is 1.06. The number of hydrogen-bond acceptors (Lipinski definition) is 6. The van der Waals surface area contributed by atoms with E-state index in [9.17, 15) is 24.1 Å². The van der Waals surface area contributed by atoms with Gasteiger partial charge in [-0.3, -0.25) is 14.9 Å². The molecule has 0 bridgehead atoms. The highest BCUT2D eigenvalue weighted by Gasteiger charge is 2.23. The summed E-state index contributed by atoms with van der Waals surface area (Å²) in [4.78, 5) is 32.3. The number of nitro groups is 1. The van der Waals surface area contributed by atoms with Gasteiger partial charge in [0.25, 0.3) is 5.69 Å². The van der Waals surface area contributed by atoms with Crippen LogP contribution in [-0.4, -0.2) is 30.0 Å². The number of nitrogens with one attached hydrogen (secondary N) is 1. The van der Waals surface area contributed by atoms with Crippen LogP contribution in [0.1, 0.15) is 23.7 Å². The van der Waals surface area contributed by atoms with Crippen molar-refractivity contribution < 1.29 is 23.6 Å². The molecule has 8 nitrogen and oxygen atoms in total. The molecule has 9 heteroatoms. The van der Waals surface area contributed by atoms with Crippen molar-refractivity contribution in [3.05, 3.63) is 33.6 Å². The average molecular weight is 299 g/mol. The Bertz CT molecular complexity index is 591. The number of esters is 1. The van der Waals surface area contributed by atoms with E-state index in [1.165, 1.54) is 0 Å². The molecule has 1 aromatic rings. The Morgan fingerprint density at radius 1 is 1.52 bits per heavy atom. The molecule has 0 fully saturated rings. The lowest BCUT2D eigenvalue weighted by molar-refractivity contribution is -0.384. The smallest absolute Gasteiger partial charge is 0.340 e. The molecule has 0 aliphatic carbocycles. The predicted octanol–water partition coefficient (Wildman–Crippen LogP) is 1.20. The zero-order valence-corrected chi connectivity index (χ0v) is 11.4. The van der Waals surface area contributed by atoms with Crippen LogP contribution < -0.4 is 11.1 Å². The highest BCUT2D eigenvalue weighted by atomic mass is 19.1. The fourth-order valence-electron chi connectivity index (χ4n) is 1.71. The second-order valence-electron chi connectivity index (χ2n) is 4.31. The second-order valence-corrected chi connectivity index (χ2v) is 4.31. The van der Waals surface area contributed by atoms with E-state index in [4.69, 9.17) is 5.73 Å². The molecule has 0 aliphatic heterocycles. The minimum absolute atomic E-state index is 0.0813. The summed E-state index contributed by atoms with van der Waals surface area (Å²) in [6.45, 7) is 1.57. The van der Waals surface area contributed by atoms with Crippen LogP contribution in [0.3, 0.4) is 0 Å². The van der Waals surface area contributed by atoms with E-state index in [1.807, 2.05) is 0 Å². The SMILES string of the molecule is COC(=O)c1cc(NC(C)CC(N)=O)c([N+](=O)[O-])cc1F. The summed E-state index contributed by atoms with van der Waals surface area (Å²) in [6.07, 6.45) is -0.0813. The molecule has 0 saturated carbocycles. The summed E-state index contributed by atoms with van der Waals surface area (Å²) in [6, 6.07) is 1.06. The van der Waals surface area contributed by atoms with Gasteiger partial charge < -0.3 is 15.8 Å². The zero-order chi connectivity index (χ0) is 16.2. The standard InChI is InChI=1S/C12H14FN3O5/c1-6(3-11(14)17)15-9-4-7(12(18)21-2)8(13)5-10(9)16(19)20/h4-6,15H,3H2,1-2H3,(H2,14,17). The van der Waals surface area contributed by atoms with Crippen LogP contribution in [0.15, 0.2) is 12.1 Å². The first kappa shape index (κ1) is 16.3. The Kier molecular flexibility index (Phi) is 5.17. The van der Waals surface area contributed by atoms with Gasteiger partial charge in [0.2, 0.25) is 5.91 Å². The number of amides is 1. The molecular weight excluding hydrogens is 285 g/mol. The van der Waals surface area contributed by atoms with Crippen molar-refractivity contribution in [3.8, 4) is 0 Å². The van der Waals surface area contributed by atoms with E-state index in [-0.39, 0.29) is 12.1 Å². The maximum Gasteiger partial charge on any atom is 0.340 e. The third-order valence-corrected chi connectivity index (χ3v) is 2.60. The van der Waals surface area contributed by atoms with Gasteiger partial charge in [-0.05, 0) is 13.0 Å². The Labute approximate surface area is 119 Å². The summed E-state index contributed by atoms with van der Waals surface area (Å²) in [5.41, 5.74) is 3.91. The highest BCUT2D eigenvalue weighted by molar-refractivity contribution is 5.92. The monoisotopic (exact) mass is 299 g/mol. The molecule has 0 aliphatic rings. The Morgan fingerprint density at radius 2 is 2.14 bits per heavy atom. The van der Waals surface area contributed by atoms with Gasteiger partial charge in [0.15, 0.2) is 0 Å². The van der Waals surface area contributed by atoms with Gasteiger partial charge in [-0.1, -0.05) is 0 Å². The van der Waals surface area contributed by atoms with E-state index >= 15 is 0 Å². The van der Waals surface area contributed by atoms with Crippen molar-refractivity contribution in [1.29, 1.82) is 0 Å². The molecule has 114 valence electrons. The van der Waals surface area contributed by atoms with Gasteiger partial charge in [0, 0.05) is 12.5 Å². The molecule has 1 rings (SSSR count). The summed E-state index contributed by atoms with van der Waals surface area (Å²) >= 11 is 0. The van der Waals surface area contributed by atoms with Crippen LogP contribution in [-0.2, 0) is 9.53 Å². The van der Waals surface area contributed by atoms with Crippen LogP contribution in [0.4, 0.5) is 15.8 Å². The molecule has 3 N–H and O–H groups in total. The molecular formula is C12H14FN3O5. The first-order valence-corrected chi connectivity index (χ1v) is 5.87. The minimum atomic E-state index is -1.07. The number of halogens is 1. The number of nitrogens with two attached hydrogens (primary N) is 1. The molecule has 1 unspecified atom stereocenters. The van der Waals surface area contributed by atoms with E-state index in [1.54, 1.807) is 6.92 Å². The van der Waals surface area contributed by atoms with E-state index in [2.05, 4.69) is 10.1 Å². The van der Waals surface area contributed by atoms with Crippen molar-refractivity contribution in [2.75, 3.05) is 12.4 Å². The number of nitro benzene ring substituents is 1. The number of hydrogen-bond donors (Lipinski definition) is 2. The van der Waals surface area contributed by atoms with Gasteiger partial charge in [-0.25, -0.2) is 9.18 Å². The maximum atomic E-state index is 13.7. The number of ether oxygens (including phenoxy) is 1. The van der Waals surface area contributed by atoms with Gasteiger partial charge in [0.1, 0.15) is 11.5 Å². The highest BCUT2D eigenvalue weighted by Crippen LogP contribution is 2.29. The zero-order valence-electron chi connectivity index (χ0n) is 11.4. The van der Waals surface area contributed by atoms with Crippen LogP contribution in [0, 0.1) is 15.9 Å². The summed E-state index contributed by atoms with van der Waals surface area (Å²) in [5.74, 6) is -2.64. The molecule has 21 heavy (non-hydrogen) atoms. The summed E-state index contributed by atoms with van der Waals surface area (Å²) in [5, 5.41) is 13.6. The molecule has 0 radical (unpaired) electrons. The minimum Gasteiger partial charge on any atom is -0.465 e. The largest absolute Gasteiger partial charge is 0.465 e. The third kappa shape index (κ3) is 4.13. The number of methoxy groups -OCH3 is 1. The Hall–Kier alpha value is -2.71. The van der Waals surface area contributed by atoms with Crippen molar-refractivity contribution in [1.82, 2.24) is 0 Å². The first-order chi connectivity index (χ1) is 9.76. The number of carbonyl (C=O) groups excluding carboxylic acids is 2. The number of anilines is 1. The molecule has 0 aromatic heterocycles. The lowest BCUT2D eigenvalue weighted by atomic mass is 10.1. The number of carbonyl (C=O) groups is 2. The molecule has 1 atom stereocenters. The first-order valence-electron chi connectivity index (χ1n) is 5.87. The van der Waals surface area contributed by atoms with Crippen molar-refractivity contribution >= 4 is 23.3 Å². The Morgan fingerprint density at radius 3 is 2.62 bits per heavy atom.